The van der Waals surface area contributed by atoms with Crippen LogP contribution in [0.25, 0.3) is 0 Å². The molecule has 0 atom stereocenters. The third-order valence-electron chi connectivity index (χ3n) is 3.42. The van der Waals surface area contributed by atoms with Crippen LogP contribution in [0.1, 0.15) is 5.56 Å². The van der Waals surface area contributed by atoms with Crippen molar-refractivity contribution in [2.75, 3.05) is 24.5 Å². The Labute approximate surface area is 146 Å². The Bertz CT molecular complexity index is 711. The lowest BCUT2D eigenvalue weighted by Crippen LogP contribution is -2.34. The summed E-state index contributed by atoms with van der Waals surface area (Å²) in [5.74, 6) is 1.09. The molecule has 7 nitrogen and oxygen atoms in total. The first-order valence-corrected chi connectivity index (χ1v) is 9.22. The lowest BCUT2D eigenvalue weighted by Gasteiger charge is -2.36. The van der Waals surface area contributed by atoms with Crippen LogP contribution in [0.15, 0.2) is 65.7 Å². The molecule has 2 aromatic carbocycles. The fraction of sp³-hybridized carbons (Fsp3) is 0.235. The second-order valence-corrected chi connectivity index (χ2v) is 6.27. The summed E-state index contributed by atoms with van der Waals surface area (Å²) in [6.45, 7) is 3.58. The van der Waals surface area contributed by atoms with Gasteiger partial charge in [-0.2, -0.15) is 7.82 Å². The quantitative estimate of drug-likeness (QED) is 0.743. The van der Waals surface area contributed by atoms with Crippen molar-refractivity contribution in [1.82, 2.24) is 5.32 Å². The molecule has 0 aliphatic carbocycles. The van der Waals surface area contributed by atoms with E-state index in [2.05, 4.69) is 75.9 Å². The molecule has 8 heteroatoms. The molecule has 1 N–H and O–H groups in total. The fourth-order valence-corrected chi connectivity index (χ4v) is 2.41. The van der Waals surface area contributed by atoms with Gasteiger partial charge in [-0.15, -0.1) is 0 Å². The predicted octanol–water partition coefficient (Wildman–Crippen LogP) is -0.130. The number of nitrogens with zero attached hydrogens (tertiary/aromatic N) is 2. The van der Waals surface area contributed by atoms with Crippen molar-refractivity contribution in [3.05, 3.63) is 66.2 Å². The van der Waals surface area contributed by atoms with Crippen molar-refractivity contribution in [2.45, 2.75) is 6.54 Å². The number of nitrogens with one attached hydrogen (secondary N) is 1. The van der Waals surface area contributed by atoms with Crippen LogP contribution < -0.4 is 24.9 Å². The van der Waals surface area contributed by atoms with Crippen molar-refractivity contribution < 1.29 is 19.2 Å². The SMILES string of the molecule is O=P([O-])([O-])[O-].c1ccc(CN(CC2=NCCN2)c2ccccc2)cc1. The molecule has 0 aromatic heterocycles. The molecule has 2 aromatic rings. The van der Waals surface area contributed by atoms with Crippen LogP contribution in [-0.4, -0.2) is 25.5 Å². The molecule has 0 fully saturated rings. The molecule has 1 aliphatic heterocycles. The second-order valence-electron chi connectivity index (χ2n) is 5.38. The molecule has 25 heavy (non-hydrogen) atoms. The number of rotatable bonds is 5. The largest absolute Gasteiger partial charge is 0.822 e. The van der Waals surface area contributed by atoms with E-state index in [4.69, 9.17) is 19.2 Å². The highest BCUT2D eigenvalue weighted by Gasteiger charge is 2.12. The molecule has 1 aliphatic rings. The Morgan fingerprint density at radius 3 is 2.04 bits per heavy atom. The summed E-state index contributed by atoms with van der Waals surface area (Å²) in [6, 6.07) is 21.1. The average molecular weight is 360 g/mol. The van der Waals surface area contributed by atoms with Crippen LogP contribution >= 0.6 is 7.82 Å². The van der Waals surface area contributed by atoms with Gasteiger partial charge in [-0.1, -0.05) is 48.5 Å². The van der Waals surface area contributed by atoms with Gasteiger partial charge in [0.05, 0.1) is 13.1 Å². The van der Waals surface area contributed by atoms with Gasteiger partial charge in [-0.3, -0.25) is 4.99 Å². The van der Waals surface area contributed by atoms with E-state index in [0.717, 1.165) is 32.0 Å². The highest BCUT2D eigenvalue weighted by atomic mass is 31.2. The van der Waals surface area contributed by atoms with Gasteiger partial charge in [0.2, 0.25) is 0 Å². The van der Waals surface area contributed by atoms with Gasteiger partial charge >= 0.3 is 0 Å². The summed E-state index contributed by atoms with van der Waals surface area (Å²) < 4.78 is 8.55. The number of phosphoric acid groups is 1. The number of amidine groups is 1. The number of aliphatic imine (C=N–C) groups is 1. The molecule has 0 unspecified atom stereocenters. The summed E-state index contributed by atoms with van der Waals surface area (Å²) in [5, 5.41) is 3.35. The molecule has 0 saturated heterocycles. The van der Waals surface area contributed by atoms with E-state index >= 15 is 0 Å². The normalized spacial score (nSPS) is 13.3. The lowest BCUT2D eigenvalue weighted by molar-refractivity contribution is -0.432. The topological polar surface area (TPSA) is 114 Å². The van der Waals surface area contributed by atoms with Crippen LogP contribution in [-0.2, 0) is 11.1 Å². The minimum Gasteiger partial charge on any atom is -0.822 e. The monoisotopic (exact) mass is 360 g/mol. The van der Waals surface area contributed by atoms with Crippen molar-refractivity contribution in [1.29, 1.82) is 0 Å². The highest BCUT2D eigenvalue weighted by molar-refractivity contribution is 7.40. The Morgan fingerprint density at radius 1 is 0.960 bits per heavy atom. The molecule has 3 rings (SSSR count). The molecule has 0 radical (unpaired) electrons. The molecular formula is C17H19N3O4P-3. The molecule has 0 saturated carbocycles. The minimum absolute atomic E-state index is 0.832. The third-order valence-corrected chi connectivity index (χ3v) is 3.42. The molecule has 0 bridgehead atoms. The molecular weight excluding hydrogens is 341 g/mol. The summed E-state index contributed by atoms with van der Waals surface area (Å²) in [7, 11) is -5.39. The zero-order valence-corrected chi connectivity index (χ0v) is 14.5. The van der Waals surface area contributed by atoms with Gasteiger partial charge in [-0.25, -0.2) is 0 Å². The number of hydrogen-bond donors (Lipinski definition) is 1. The Kier molecular flexibility index (Phi) is 7.16. The van der Waals surface area contributed by atoms with Crippen LogP contribution in [0.3, 0.4) is 0 Å². The van der Waals surface area contributed by atoms with Crippen LogP contribution in [0.5, 0.6) is 0 Å². The number of anilines is 1. The van der Waals surface area contributed by atoms with E-state index in [9.17, 15) is 0 Å². The Morgan fingerprint density at radius 2 is 1.52 bits per heavy atom. The maximum atomic E-state index is 8.55. The third kappa shape index (κ3) is 7.96. The van der Waals surface area contributed by atoms with Crippen LogP contribution in [0, 0.1) is 0 Å². The lowest BCUT2D eigenvalue weighted by atomic mass is 10.2. The molecule has 1 heterocycles. The summed E-state index contributed by atoms with van der Waals surface area (Å²) in [6.07, 6.45) is 0. The zero-order chi connectivity index (χ0) is 18.1. The second kappa shape index (κ2) is 9.34. The van der Waals surface area contributed by atoms with Gasteiger partial charge in [0.25, 0.3) is 0 Å². The van der Waals surface area contributed by atoms with E-state index in [1.807, 2.05) is 0 Å². The summed E-state index contributed by atoms with van der Waals surface area (Å²) in [5.41, 5.74) is 2.54. The summed E-state index contributed by atoms with van der Waals surface area (Å²) >= 11 is 0. The Balaban J connectivity index is 0.000000399. The zero-order valence-electron chi connectivity index (χ0n) is 13.6. The van der Waals surface area contributed by atoms with E-state index in [1.165, 1.54) is 11.3 Å². The minimum atomic E-state index is -5.39. The first-order valence-electron chi connectivity index (χ1n) is 7.76. The van der Waals surface area contributed by atoms with Gasteiger partial charge in [0.15, 0.2) is 0 Å². The van der Waals surface area contributed by atoms with Crippen molar-refractivity contribution in [2.24, 2.45) is 4.99 Å². The van der Waals surface area contributed by atoms with Gasteiger partial charge in [0.1, 0.15) is 5.84 Å². The van der Waals surface area contributed by atoms with E-state index in [0.29, 0.717) is 0 Å². The highest BCUT2D eigenvalue weighted by Crippen LogP contribution is 2.16. The van der Waals surface area contributed by atoms with Gasteiger partial charge < -0.3 is 29.5 Å². The maximum Gasteiger partial charge on any atom is 0.116 e. The van der Waals surface area contributed by atoms with Crippen molar-refractivity contribution in [3.63, 3.8) is 0 Å². The summed E-state index contributed by atoms with van der Waals surface area (Å²) in [4.78, 5) is 32.5. The van der Waals surface area contributed by atoms with Gasteiger partial charge in [-0.05, 0) is 17.7 Å². The molecule has 134 valence electrons. The van der Waals surface area contributed by atoms with E-state index in [-0.39, 0.29) is 0 Å². The molecule has 0 amide bonds. The fourth-order valence-electron chi connectivity index (χ4n) is 2.41. The van der Waals surface area contributed by atoms with E-state index < -0.39 is 7.82 Å². The maximum absolute atomic E-state index is 8.55. The van der Waals surface area contributed by atoms with Crippen molar-refractivity contribution >= 4 is 19.3 Å². The Hall–Kier alpha value is -2.18. The van der Waals surface area contributed by atoms with Crippen LogP contribution in [0.4, 0.5) is 5.69 Å². The number of para-hydroxylation sites is 1. The van der Waals surface area contributed by atoms with Crippen molar-refractivity contribution in [3.8, 4) is 0 Å². The first kappa shape index (κ1) is 19.1. The number of benzene rings is 2. The van der Waals surface area contributed by atoms with E-state index in [1.54, 1.807) is 0 Å². The first-order chi connectivity index (χ1) is 11.9. The standard InChI is InChI=1S/C17H19N3.H3O4P/c1-3-7-15(8-4-1)13-20(14-17-18-11-12-19-17)16-9-5-2-6-10-16;1-5(2,3)4/h1-10H,11-14H2,(H,18,19);(H3,1,2,3,4)/p-3. The van der Waals surface area contributed by atoms with Crippen LogP contribution in [0.2, 0.25) is 0 Å². The number of hydrogen-bond acceptors (Lipinski definition) is 7. The molecule has 0 spiro atoms. The smallest absolute Gasteiger partial charge is 0.116 e. The average Bonchev–Trinajstić information content (AvgIpc) is 3.08. The predicted molar refractivity (Wildman–Crippen MR) is 91.8 cm³/mol. The van der Waals surface area contributed by atoms with Gasteiger partial charge in [0, 0.05) is 18.8 Å².